The number of amides is 1. The standard InChI is InChI=1S/C19H19FN2O5/c1-21-9-5-6-13(17(21)23)18(24)22-11-12(10-15(22)19(25)26-2)27-16-8-4-3-7-14(16)20/h3-9,12,15H,10-11H2,1-2H3/t12-,15-/m0/s1. The van der Waals surface area contributed by atoms with Gasteiger partial charge in [-0.25, -0.2) is 9.18 Å². The van der Waals surface area contributed by atoms with Crippen molar-refractivity contribution in [2.45, 2.75) is 18.6 Å². The fourth-order valence-corrected chi connectivity index (χ4v) is 3.10. The molecule has 0 radical (unpaired) electrons. The van der Waals surface area contributed by atoms with Crippen molar-refractivity contribution < 1.29 is 23.5 Å². The molecule has 0 N–H and O–H groups in total. The van der Waals surface area contributed by atoms with E-state index in [4.69, 9.17) is 9.47 Å². The number of hydrogen-bond donors (Lipinski definition) is 0. The summed E-state index contributed by atoms with van der Waals surface area (Å²) in [6.45, 7) is 0.0327. The molecule has 1 aromatic heterocycles. The number of hydrogen-bond acceptors (Lipinski definition) is 5. The fraction of sp³-hybridized carbons (Fsp3) is 0.316. The smallest absolute Gasteiger partial charge is 0.328 e. The third kappa shape index (κ3) is 3.69. The highest BCUT2D eigenvalue weighted by Crippen LogP contribution is 2.26. The van der Waals surface area contributed by atoms with Gasteiger partial charge in [0, 0.05) is 19.7 Å². The lowest BCUT2D eigenvalue weighted by atomic mass is 10.2. The minimum Gasteiger partial charge on any atom is -0.485 e. The molecule has 0 saturated carbocycles. The summed E-state index contributed by atoms with van der Waals surface area (Å²) in [5, 5.41) is 0. The van der Waals surface area contributed by atoms with E-state index in [-0.39, 0.29) is 24.3 Å². The van der Waals surface area contributed by atoms with Crippen LogP contribution >= 0.6 is 0 Å². The van der Waals surface area contributed by atoms with Gasteiger partial charge in [0.15, 0.2) is 11.6 Å². The number of carbonyl (C=O) groups excluding carboxylic acids is 2. The van der Waals surface area contributed by atoms with Crippen LogP contribution in [0.2, 0.25) is 0 Å². The second-order valence-corrected chi connectivity index (χ2v) is 6.24. The molecular weight excluding hydrogens is 355 g/mol. The first kappa shape index (κ1) is 18.6. The zero-order valence-corrected chi connectivity index (χ0v) is 14.9. The van der Waals surface area contributed by atoms with Gasteiger partial charge in [-0.05, 0) is 24.3 Å². The monoisotopic (exact) mass is 374 g/mol. The number of ether oxygens (including phenoxy) is 2. The zero-order valence-electron chi connectivity index (χ0n) is 14.9. The topological polar surface area (TPSA) is 77.8 Å². The molecule has 1 aromatic carbocycles. The van der Waals surface area contributed by atoms with Gasteiger partial charge in [0.05, 0.1) is 13.7 Å². The Kier molecular flexibility index (Phi) is 5.25. The number of para-hydroxylation sites is 1. The molecule has 0 spiro atoms. The summed E-state index contributed by atoms with van der Waals surface area (Å²) in [7, 11) is 2.75. The summed E-state index contributed by atoms with van der Waals surface area (Å²) >= 11 is 0. The number of aryl methyl sites for hydroxylation is 1. The molecule has 1 fully saturated rings. The van der Waals surface area contributed by atoms with E-state index in [1.54, 1.807) is 12.1 Å². The van der Waals surface area contributed by atoms with Gasteiger partial charge >= 0.3 is 5.97 Å². The predicted molar refractivity (Wildman–Crippen MR) is 94.0 cm³/mol. The lowest BCUT2D eigenvalue weighted by Gasteiger charge is -2.22. The molecule has 1 aliphatic rings. The number of benzene rings is 1. The van der Waals surface area contributed by atoms with E-state index in [0.717, 1.165) is 0 Å². The summed E-state index contributed by atoms with van der Waals surface area (Å²) in [6, 6.07) is 7.97. The summed E-state index contributed by atoms with van der Waals surface area (Å²) in [5.41, 5.74) is -0.523. The Balaban J connectivity index is 1.87. The van der Waals surface area contributed by atoms with E-state index in [1.807, 2.05) is 0 Å². The second-order valence-electron chi connectivity index (χ2n) is 6.24. The Morgan fingerprint density at radius 1 is 1.19 bits per heavy atom. The molecule has 0 bridgehead atoms. The number of carbonyl (C=O) groups is 2. The minimum atomic E-state index is -0.913. The Labute approximate surface area is 154 Å². The highest BCUT2D eigenvalue weighted by atomic mass is 19.1. The van der Waals surface area contributed by atoms with Gasteiger partial charge in [-0.1, -0.05) is 12.1 Å². The van der Waals surface area contributed by atoms with Crippen molar-refractivity contribution in [1.82, 2.24) is 9.47 Å². The average molecular weight is 374 g/mol. The van der Waals surface area contributed by atoms with Gasteiger partial charge in [-0.3, -0.25) is 9.59 Å². The van der Waals surface area contributed by atoms with Gasteiger partial charge in [-0.2, -0.15) is 0 Å². The van der Waals surface area contributed by atoms with Crippen molar-refractivity contribution in [2.24, 2.45) is 7.05 Å². The van der Waals surface area contributed by atoms with E-state index in [2.05, 4.69) is 0 Å². The van der Waals surface area contributed by atoms with Crippen LogP contribution in [0.1, 0.15) is 16.8 Å². The Morgan fingerprint density at radius 2 is 1.93 bits per heavy atom. The average Bonchev–Trinajstić information content (AvgIpc) is 3.08. The third-order valence-electron chi connectivity index (χ3n) is 4.48. The van der Waals surface area contributed by atoms with Crippen LogP contribution in [0.25, 0.3) is 0 Å². The maximum absolute atomic E-state index is 13.8. The summed E-state index contributed by atoms with van der Waals surface area (Å²) in [5.74, 6) is -1.70. The lowest BCUT2D eigenvalue weighted by molar-refractivity contribution is -0.145. The van der Waals surface area contributed by atoms with Crippen LogP contribution < -0.4 is 10.3 Å². The molecule has 7 nitrogen and oxygen atoms in total. The van der Waals surface area contributed by atoms with E-state index < -0.39 is 35.4 Å². The minimum absolute atomic E-state index is 0.0327. The molecule has 8 heteroatoms. The van der Waals surface area contributed by atoms with Crippen LogP contribution in [0.15, 0.2) is 47.4 Å². The maximum atomic E-state index is 13.8. The van der Waals surface area contributed by atoms with Crippen LogP contribution in [-0.2, 0) is 16.6 Å². The lowest BCUT2D eigenvalue weighted by Crippen LogP contribution is -2.43. The van der Waals surface area contributed by atoms with E-state index in [1.165, 1.54) is 54.1 Å². The highest BCUT2D eigenvalue weighted by molar-refractivity contribution is 5.97. The van der Waals surface area contributed by atoms with Crippen molar-refractivity contribution in [3.8, 4) is 5.75 Å². The van der Waals surface area contributed by atoms with Crippen molar-refractivity contribution in [1.29, 1.82) is 0 Å². The van der Waals surface area contributed by atoms with Gasteiger partial charge in [-0.15, -0.1) is 0 Å². The van der Waals surface area contributed by atoms with Crippen LogP contribution in [0, 0.1) is 5.82 Å². The van der Waals surface area contributed by atoms with E-state index >= 15 is 0 Å². The number of aromatic nitrogens is 1. The normalized spacial score (nSPS) is 19.0. The molecule has 2 heterocycles. The summed E-state index contributed by atoms with van der Waals surface area (Å²) < 4.78 is 25.5. The highest BCUT2D eigenvalue weighted by Gasteiger charge is 2.42. The molecule has 0 aliphatic carbocycles. The van der Waals surface area contributed by atoms with Gasteiger partial charge in [0.1, 0.15) is 17.7 Å². The van der Waals surface area contributed by atoms with Crippen molar-refractivity contribution in [3.05, 3.63) is 64.3 Å². The van der Waals surface area contributed by atoms with Gasteiger partial charge < -0.3 is 18.9 Å². The molecule has 1 saturated heterocycles. The summed E-state index contributed by atoms with van der Waals surface area (Å²) in [4.78, 5) is 38.5. The predicted octanol–water partition coefficient (Wildman–Crippen LogP) is 1.36. The number of esters is 1. The molecular formula is C19H19FN2O5. The first-order chi connectivity index (χ1) is 12.9. The molecule has 0 unspecified atom stereocenters. The van der Waals surface area contributed by atoms with Crippen LogP contribution in [0.4, 0.5) is 4.39 Å². The fourth-order valence-electron chi connectivity index (χ4n) is 3.10. The van der Waals surface area contributed by atoms with Crippen LogP contribution in [-0.4, -0.2) is 47.1 Å². The Morgan fingerprint density at radius 3 is 2.63 bits per heavy atom. The molecule has 142 valence electrons. The summed E-state index contributed by atoms with van der Waals surface area (Å²) in [6.07, 6.45) is 1.06. The Hall–Kier alpha value is -3.16. The zero-order chi connectivity index (χ0) is 19.6. The molecule has 1 aliphatic heterocycles. The van der Waals surface area contributed by atoms with E-state index in [0.29, 0.717) is 0 Å². The molecule has 1 amide bonds. The van der Waals surface area contributed by atoms with E-state index in [9.17, 15) is 18.8 Å². The number of likely N-dealkylation sites (tertiary alicyclic amines) is 1. The third-order valence-corrected chi connectivity index (χ3v) is 4.48. The SMILES string of the molecule is COC(=O)[C@@H]1C[C@H](Oc2ccccc2F)CN1C(=O)c1cccn(C)c1=O. The van der Waals surface area contributed by atoms with Crippen molar-refractivity contribution in [3.63, 3.8) is 0 Å². The van der Waals surface area contributed by atoms with Crippen LogP contribution in [0.5, 0.6) is 5.75 Å². The Bertz CT molecular complexity index is 926. The largest absolute Gasteiger partial charge is 0.485 e. The number of rotatable bonds is 4. The second kappa shape index (κ2) is 7.61. The molecule has 3 rings (SSSR count). The van der Waals surface area contributed by atoms with Crippen molar-refractivity contribution in [2.75, 3.05) is 13.7 Å². The molecule has 27 heavy (non-hydrogen) atoms. The molecule has 2 aromatic rings. The van der Waals surface area contributed by atoms with Crippen molar-refractivity contribution >= 4 is 11.9 Å². The number of pyridine rings is 1. The first-order valence-electron chi connectivity index (χ1n) is 8.38. The van der Waals surface area contributed by atoms with Gasteiger partial charge in [0.2, 0.25) is 0 Å². The number of nitrogens with zero attached hydrogens (tertiary/aromatic N) is 2. The van der Waals surface area contributed by atoms with Crippen LogP contribution in [0.3, 0.4) is 0 Å². The number of methoxy groups -OCH3 is 1. The maximum Gasteiger partial charge on any atom is 0.328 e. The number of halogens is 1. The molecule has 2 atom stereocenters. The quantitative estimate of drug-likeness (QED) is 0.755. The first-order valence-corrected chi connectivity index (χ1v) is 8.38. The van der Waals surface area contributed by atoms with Gasteiger partial charge in [0.25, 0.3) is 11.5 Å².